The van der Waals surface area contributed by atoms with Crippen molar-refractivity contribution in [2.45, 2.75) is 6.92 Å². The van der Waals surface area contributed by atoms with Crippen LogP contribution in [0.2, 0.25) is 5.02 Å². The molecular weight excluding hydrogens is 654 g/mol. The molecule has 49 heavy (non-hydrogen) atoms. The van der Waals surface area contributed by atoms with Crippen molar-refractivity contribution < 1.29 is 42.7 Å². The highest BCUT2D eigenvalue weighted by molar-refractivity contribution is 6.34. The summed E-state index contributed by atoms with van der Waals surface area (Å²) in [6.45, 7) is 2.09. The molecule has 0 unspecified atom stereocenters. The van der Waals surface area contributed by atoms with Crippen LogP contribution in [0.4, 0.5) is 0 Å². The van der Waals surface area contributed by atoms with Crippen LogP contribution in [0.1, 0.15) is 33.3 Å². The number of hydrazone groups is 1. The number of hydrogen-bond acceptors (Lipinski definition) is 10. The number of hydrogen-bond donors (Lipinski definition) is 2. The molecule has 2 N–H and O–H groups in total. The Morgan fingerprint density at radius 2 is 1.45 bits per heavy atom. The van der Waals surface area contributed by atoms with Gasteiger partial charge in [-0.25, -0.2) is 10.2 Å². The summed E-state index contributed by atoms with van der Waals surface area (Å²) in [4.78, 5) is 29.9. The van der Waals surface area contributed by atoms with Crippen LogP contribution in [-0.4, -0.2) is 65.2 Å². The number of ether oxygens (including phenoxy) is 7. The fourth-order valence-corrected chi connectivity index (χ4v) is 5.46. The van der Waals surface area contributed by atoms with Gasteiger partial charge < -0.3 is 38.1 Å². The number of rotatable bonds is 13. The number of aromatic nitrogens is 1. The Kier molecular flexibility index (Phi) is 10.8. The van der Waals surface area contributed by atoms with Crippen molar-refractivity contribution in [3.63, 3.8) is 0 Å². The van der Waals surface area contributed by atoms with Gasteiger partial charge >= 0.3 is 5.97 Å². The normalized spacial score (nSPS) is 10.9. The number of halogens is 1. The lowest BCUT2D eigenvalue weighted by Crippen LogP contribution is -2.19. The fraction of sp³-hybridized carbons (Fsp3) is 0.194. The molecule has 0 atom stereocenters. The monoisotopic (exact) mass is 687 g/mol. The smallest absolute Gasteiger partial charge is 0.343 e. The number of benzene rings is 4. The van der Waals surface area contributed by atoms with Crippen LogP contribution in [0, 0.1) is 0 Å². The number of esters is 1. The van der Waals surface area contributed by atoms with Crippen molar-refractivity contribution in [3.8, 4) is 51.4 Å². The fourth-order valence-electron chi connectivity index (χ4n) is 5.23. The summed E-state index contributed by atoms with van der Waals surface area (Å²) in [5, 5.41) is 5.25. The molecule has 0 aliphatic carbocycles. The van der Waals surface area contributed by atoms with Gasteiger partial charge in [-0.15, -0.1) is 0 Å². The van der Waals surface area contributed by atoms with E-state index in [0.29, 0.717) is 68.0 Å². The Hall–Kier alpha value is -5.88. The average molecular weight is 688 g/mol. The van der Waals surface area contributed by atoms with Gasteiger partial charge in [0.2, 0.25) is 5.75 Å². The van der Waals surface area contributed by atoms with E-state index >= 15 is 0 Å². The number of fused-ring (bicyclic) bond motifs is 1. The summed E-state index contributed by atoms with van der Waals surface area (Å²) >= 11 is 6.60. The summed E-state index contributed by atoms with van der Waals surface area (Å²) in [5.74, 6) is 1.24. The topological polar surface area (TPSA) is 139 Å². The zero-order chi connectivity index (χ0) is 35.1. The Balaban J connectivity index is 1.42. The van der Waals surface area contributed by atoms with Crippen molar-refractivity contribution in [2.75, 3.05) is 42.2 Å². The van der Waals surface area contributed by atoms with Crippen LogP contribution >= 0.6 is 11.6 Å². The van der Waals surface area contributed by atoms with Gasteiger partial charge in [-0.1, -0.05) is 29.8 Å². The second-order valence-electron chi connectivity index (χ2n) is 10.2. The van der Waals surface area contributed by atoms with E-state index < -0.39 is 11.9 Å². The van der Waals surface area contributed by atoms with Crippen LogP contribution in [0.3, 0.4) is 0 Å². The first-order chi connectivity index (χ1) is 23.8. The van der Waals surface area contributed by atoms with Crippen LogP contribution in [0.5, 0.6) is 40.2 Å². The average Bonchev–Trinajstić information content (AvgIpc) is 3.52. The molecule has 254 valence electrons. The second-order valence-corrected chi connectivity index (χ2v) is 10.6. The minimum Gasteiger partial charge on any atom is -0.496 e. The summed E-state index contributed by atoms with van der Waals surface area (Å²) in [6.07, 6.45) is 1.43. The SMILES string of the molecule is CCOc1cc(C=NNC(=O)c2[nH]c3c(OC)ccc(OC)c3c2-c2ccccc2Cl)ccc1OC(=O)c1cc(OC)c(OC)c(OC)c1. The molecule has 5 rings (SSSR count). The third kappa shape index (κ3) is 7.04. The zero-order valence-corrected chi connectivity index (χ0v) is 28.4. The molecule has 1 heterocycles. The largest absolute Gasteiger partial charge is 0.496 e. The van der Waals surface area contributed by atoms with E-state index in [1.807, 2.05) is 12.1 Å². The highest BCUT2D eigenvalue weighted by Crippen LogP contribution is 2.44. The Morgan fingerprint density at radius 3 is 2.08 bits per heavy atom. The molecule has 0 spiro atoms. The first kappa shape index (κ1) is 34.5. The number of methoxy groups -OCH3 is 5. The number of amides is 1. The van der Waals surface area contributed by atoms with Gasteiger partial charge in [0.25, 0.3) is 5.91 Å². The van der Waals surface area contributed by atoms with Gasteiger partial charge in [-0.2, -0.15) is 5.10 Å². The molecule has 0 aliphatic heterocycles. The third-order valence-electron chi connectivity index (χ3n) is 7.44. The van der Waals surface area contributed by atoms with Gasteiger partial charge in [0, 0.05) is 16.1 Å². The van der Waals surface area contributed by atoms with E-state index in [-0.39, 0.29) is 22.8 Å². The number of carbonyl (C=O) groups excluding carboxylic acids is 2. The quantitative estimate of drug-likeness (QED) is 0.0585. The minimum absolute atomic E-state index is 0.173. The number of carbonyl (C=O) groups is 2. The summed E-state index contributed by atoms with van der Waals surface area (Å²) in [7, 11) is 7.46. The molecule has 5 aromatic rings. The molecule has 0 saturated heterocycles. The maximum Gasteiger partial charge on any atom is 0.343 e. The predicted molar refractivity (Wildman–Crippen MR) is 186 cm³/mol. The standard InChI is InChI=1S/C36H34ClN3O9/c1-7-48-27-16-20(12-13-24(27)49-36(42)21-17-28(45-4)34(47-6)29(18-21)46-5)19-38-40-35(41)33-30(22-10-8-9-11-23(22)37)31-25(43-2)14-15-26(44-3)32(31)39-33/h8-19,39H,7H2,1-6H3,(H,40,41). The molecule has 0 radical (unpaired) electrons. The number of H-pyrrole nitrogens is 1. The van der Waals surface area contributed by atoms with E-state index in [4.69, 9.17) is 44.8 Å². The van der Waals surface area contributed by atoms with Crippen LogP contribution in [0.15, 0.2) is 71.8 Å². The lowest BCUT2D eigenvalue weighted by molar-refractivity contribution is 0.0727. The van der Waals surface area contributed by atoms with Crippen molar-refractivity contribution in [1.29, 1.82) is 0 Å². The number of nitrogens with one attached hydrogen (secondary N) is 2. The van der Waals surface area contributed by atoms with Crippen molar-refractivity contribution in [3.05, 3.63) is 88.6 Å². The Bertz CT molecular complexity index is 2020. The van der Waals surface area contributed by atoms with Crippen molar-refractivity contribution >= 4 is 40.6 Å². The highest BCUT2D eigenvalue weighted by atomic mass is 35.5. The summed E-state index contributed by atoms with van der Waals surface area (Å²) in [6, 6.07) is 18.5. The Labute approximate surface area is 287 Å². The molecule has 0 bridgehead atoms. The van der Waals surface area contributed by atoms with E-state index in [9.17, 15) is 9.59 Å². The van der Waals surface area contributed by atoms with E-state index in [1.54, 1.807) is 56.5 Å². The van der Waals surface area contributed by atoms with Gasteiger partial charge in [-0.3, -0.25) is 4.79 Å². The lowest BCUT2D eigenvalue weighted by atomic mass is 10.0. The first-order valence-corrected chi connectivity index (χ1v) is 15.3. The minimum atomic E-state index is -0.671. The van der Waals surface area contributed by atoms with E-state index in [0.717, 1.165) is 0 Å². The maximum absolute atomic E-state index is 13.6. The Morgan fingerprint density at radius 1 is 0.796 bits per heavy atom. The van der Waals surface area contributed by atoms with Crippen LogP contribution < -0.4 is 38.6 Å². The molecule has 4 aromatic carbocycles. The molecule has 12 nitrogen and oxygen atoms in total. The molecule has 1 aromatic heterocycles. The van der Waals surface area contributed by atoms with Crippen molar-refractivity contribution in [2.24, 2.45) is 5.10 Å². The summed E-state index contributed by atoms with van der Waals surface area (Å²) < 4.78 is 38.7. The van der Waals surface area contributed by atoms with Gasteiger partial charge in [0.15, 0.2) is 23.0 Å². The van der Waals surface area contributed by atoms with Crippen LogP contribution in [0.25, 0.3) is 22.0 Å². The third-order valence-corrected chi connectivity index (χ3v) is 7.77. The zero-order valence-electron chi connectivity index (χ0n) is 27.6. The van der Waals surface area contributed by atoms with Gasteiger partial charge in [0.05, 0.1) is 64.8 Å². The molecule has 13 heteroatoms. The molecular formula is C36H34ClN3O9. The lowest BCUT2D eigenvalue weighted by Gasteiger charge is -2.15. The van der Waals surface area contributed by atoms with E-state index in [1.165, 1.54) is 46.8 Å². The van der Waals surface area contributed by atoms with Gasteiger partial charge in [0.1, 0.15) is 17.2 Å². The van der Waals surface area contributed by atoms with E-state index in [2.05, 4.69) is 15.5 Å². The second kappa shape index (κ2) is 15.3. The van der Waals surface area contributed by atoms with Crippen LogP contribution in [-0.2, 0) is 0 Å². The maximum atomic E-state index is 13.6. The highest BCUT2D eigenvalue weighted by Gasteiger charge is 2.25. The summed E-state index contributed by atoms with van der Waals surface area (Å²) in [5.41, 5.74) is 5.22. The molecule has 1 amide bonds. The molecule has 0 saturated carbocycles. The number of aromatic amines is 1. The number of nitrogens with zero attached hydrogens (tertiary/aromatic N) is 1. The first-order valence-electron chi connectivity index (χ1n) is 14.9. The molecule has 0 fully saturated rings. The van der Waals surface area contributed by atoms with Crippen molar-refractivity contribution in [1.82, 2.24) is 10.4 Å². The molecule has 0 aliphatic rings. The van der Waals surface area contributed by atoms with Gasteiger partial charge in [-0.05, 0) is 61.0 Å². The predicted octanol–water partition coefficient (Wildman–Crippen LogP) is 6.91.